The molecule has 1 atom stereocenters. The minimum absolute atomic E-state index is 0.0353. The molecule has 0 radical (unpaired) electrons. The van der Waals surface area contributed by atoms with Gasteiger partial charge < -0.3 is 10.4 Å². The number of benzene rings is 1. The van der Waals surface area contributed by atoms with Gasteiger partial charge in [0.15, 0.2) is 0 Å². The van der Waals surface area contributed by atoms with Gasteiger partial charge in [0.05, 0.1) is 10.7 Å². The van der Waals surface area contributed by atoms with Crippen molar-refractivity contribution in [2.75, 3.05) is 6.54 Å². The number of aryl methyl sites for hydroxylation is 1. The van der Waals surface area contributed by atoms with Crippen molar-refractivity contribution in [1.82, 2.24) is 10.3 Å². The second-order valence-corrected chi connectivity index (χ2v) is 6.39. The van der Waals surface area contributed by atoms with Crippen molar-refractivity contribution in [2.24, 2.45) is 5.92 Å². The molecule has 0 aliphatic carbocycles. The Kier molecular flexibility index (Phi) is 5.27. The number of carbonyl (C=O) groups is 2. The summed E-state index contributed by atoms with van der Waals surface area (Å²) >= 11 is 1.34. The normalized spacial score (nSPS) is 11.9. The van der Waals surface area contributed by atoms with Crippen molar-refractivity contribution in [3.05, 3.63) is 40.2 Å². The van der Waals surface area contributed by atoms with E-state index >= 15 is 0 Å². The van der Waals surface area contributed by atoms with Crippen LogP contribution in [-0.2, 0) is 4.79 Å². The van der Waals surface area contributed by atoms with E-state index in [2.05, 4.69) is 10.3 Å². The molecule has 1 unspecified atom stereocenters. The summed E-state index contributed by atoms with van der Waals surface area (Å²) < 4.78 is 0. The van der Waals surface area contributed by atoms with Crippen molar-refractivity contribution in [3.63, 3.8) is 0 Å². The molecule has 1 aromatic heterocycles. The first-order chi connectivity index (χ1) is 10.5. The number of hydrogen-bond acceptors (Lipinski definition) is 4. The minimum Gasteiger partial charge on any atom is -0.481 e. The molecule has 5 nitrogen and oxygen atoms in total. The van der Waals surface area contributed by atoms with Crippen LogP contribution in [0.4, 0.5) is 0 Å². The molecule has 1 heterocycles. The van der Waals surface area contributed by atoms with Crippen LogP contribution in [0.2, 0.25) is 0 Å². The first-order valence-corrected chi connectivity index (χ1v) is 7.82. The zero-order valence-electron chi connectivity index (χ0n) is 12.5. The van der Waals surface area contributed by atoms with Crippen LogP contribution in [0.25, 0.3) is 11.3 Å². The van der Waals surface area contributed by atoms with E-state index in [1.54, 1.807) is 6.92 Å². The maximum Gasteiger partial charge on any atom is 0.303 e. The smallest absolute Gasteiger partial charge is 0.303 e. The van der Waals surface area contributed by atoms with Gasteiger partial charge in [-0.05, 0) is 12.8 Å². The molecule has 116 valence electrons. The average molecular weight is 318 g/mol. The van der Waals surface area contributed by atoms with Crippen LogP contribution in [0.3, 0.4) is 0 Å². The van der Waals surface area contributed by atoms with E-state index in [0.717, 1.165) is 10.6 Å². The second kappa shape index (κ2) is 7.17. The van der Waals surface area contributed by atoms with Crippen LogP contribution in [0.5, 0.6) is 0 Å². The molecule has 2 N–H and O–H groups in total. The molecule has 1 amide bonds. The quantitative estimate of drug-likeness (QED) is 0.858. The van der Waals surface area contributed by atoms with E-state index in [4.69, 9.17) is 5.11 Å². The number of nitrogens with one attached hydrogen (secondary N) is 1. The third kappa shape index (κ3) is 4.14. The summed E-state index contributed by atoms with van der Waals surface area (Å²) in [5.41, 5.74) is 1.57. The van der Waals surface area contributed by atoms with Crippen LogP contribution >= 0.6 is 11.3 Å². The topological polar surface area (TPSA) is 79.3 Å². The van der Waals surface area contributed by atoms with Gasteiger partial charge in [0.25, 0.3) is 5.91 Å². The first-order valence-electron chi connectivity index (χ1n) is 7.00. The zero-order chi connectivity index (χ0) is 16.1. The van der Waals surface area contributed by atoms with E-state index in [1.165, 1.54) is 11.3 Å². The molecule has 0 aliphatic heterocycles. The number of aromatic nitrogens is 1. The van der Waals surface area contributed by atoms with E-state index in [1.807, 2.05) is 37.3 Å². The van der Waals surface area contributed by atoms with Gasteiger partial charge in [-0.2, -0.15) is 0 Å². The largest absolute Gasteiger partial charge is 0.481 e. The van der Waals surface area contributed by atoms with Gasteiger partial charge in [0.2, 0.25) is 0 Å². The van der Waals surface area contributed by atoms with E-state index < -0.39 is 5.97 Å². The van der Waals surface area contributed by atoms with Crippen molar-refractivity contribution in [2.45, 2.75) is 20.3 Å². The number of nitrogens with zero attached hydrogens (tertiary/aromatic N) is 1. The third-order valence-corrected chi connectivity index (χ3v) is 4.09. The van der Waals surface area contributed by atoms with Crippen molar-refractivity contribution < 1.29 is 14.7 Å². The van der Waals surface area contributed by atoms with Gasteiger partial charge >= 0.3 is 5.97 Å². The van der Waals surface area contributed by atoms with E-state index in [9.17, 15) is 9.59 Å². The molecule has 22 heavy (non-hydrogen) atoms. The van der Waals surface area contributed by atoms with Crippen LogP contribution in [0.15, 0.2) is 30.3 Å². The Morgan fingerprint density at radius 2 is 2.00 bits per heavy atom. The third-order valence-electron chi connectivity index (χ3n) is 3.12. The number of carboxylic acid groups (broad SMARTS) is 1. The van der Waals surface area contributed by atoms with Crippen LogP contribution in [0.1, 0.15) is 28.0 Å². The Morgan fingerprint density at radius 3 is 2.64 bits per heavy atom. The minimum atomic E-state index is -0.861. The highest BCUT2D eigenvalue weighted by molar-refractivity contribution is 7.14. The second-order valence-electron chi connectivity index (χ2n) is 5.19. The molecule has 0 saturated heterocycles. The van der Waals surface area contributed by atoms with Gasteiger partial charge in [-0.1, -0.05) is 37.3 Å². The summed E-state index contributed by atoms with van der Waals surface area (Å²) in [6.07, 6.45) is 0.0353. The van der Waals surface area contributed by atoms with Crippen molar-refractivity contribution in [1.29, 1.82) is 0 Å². The summed E-state index contributed by atoms with van der Waals surface area (Å²) in [7, 11) is 0. The highest BCUT2D eigenvalue weighted by Crippen LogP contribution is 2.27. The van der Waals surface area contributed by atoms with Gasteiger partial charge in [0.1, 0.15) is 4.88 Å². The number of carbonyl (C=O) groups excluding carboxylic acids is 1. The van der Waals surface area contributed by atoms with Crippen molar-refractivity contribution in [3.8, 4) is 11.3 Å². The van der Waals surface area contributed by atoms with Gasteiger partial charge in [-0.25, -0.2) is 4.98 Å². The zero-order valence-corrected chi connectivity index (χ0v) is 13.3. The standard InChI is InChI=1S/C16H18N2O3S/c1-10(8-13(19)20)9-17-16(21)15-14(18-11(2)22-15)12-6-4-3-5-7-12/h3-7,10H,8-9H2,1-2H3,(H,17,21)(H,19,20). The molecular formula is C16H18N2O3S. The Morgan fingerprint density at radius 1 is 1.32 bits per heavy atom. The monoisotopic (exact) mass is 318 g/mol. The summed E-state index contributed by atoms with van der Waals surface area (Å²) in [5.74, 6) is -1.18. The Hall–Kier alpha value is -2.21. The summed E-state index contributed by atoms with van der Waals surface area (Å²) in [5, 5.41) is 12.4. The Labute approximate surface area is 133 Å². The SMILES string of the molecule is Cc1nc(-c2ccccc2)c(C(=O)NCC(C)CC(=O)O)s1. The molecule has 0 spiro atoms. The van der Waals surface area contributed by atoms with Crippen LogP contribution in [0, 0.1) is 12.8 Å². The first kappa shape index (κ1) is 16.2. The summed E-state index contributed by atoms with van der Waals surface area (Å²) in [6.45, 7) is 3.99. The van der Waals surface area contributed by atoms with Crippen molar-refractivity contribution >= 4 is 23.2 Å². The lowest BCUT2D eigenvalue weighted by atomic mass is 10.1. The number of rotatable bonds is 6. The fourth-order valence-corrected chi connectivity index (χ4v) is 2.95. The lowest BCUT2D eigenvalue weighted by Crippen LogP contribution is -2.29. The van der Waals surface area contributed by atoms with E-state index in [0.29, 0.717) is 17.1 Å². The molecule has 2 aromatic rings. The number of thiazole rings is 1. The molecular weight excluding hydrogens is 300 g/mol. The number of carboxylic acids is 1. The Balaban J connectivity index is 2.12. The highest BCUT2D eigenvalue weighted by atomic mass is 32.1. The average Bonchev–Trinajstić information content (AvgIpc) is 2.87. The highest BCUT2D eigenvalue weighted by Gasteiger charge is 2.18. The molecule has 0 saturated carbocycles. The lowest BCUT2D eigenvalue weighted by molar-refractivity contribution is -0.137. The maximum absolute atomic E-state index is 12.4. The summed E-state index contributed by atoms with van der Waals surface area (Å²) in [4.78, 5) is 28.0. The molecule has 0 aliphatic rings. The molecule has 0 bridgehead atoms. The fourth-order valence-electron chi connectivity index (χ4n) is 2.09. The molecule has 2 rings (SSSR count). The number of hydrogen-bond donors (Lipinski definition) is 2. The van der Waals surface area contributed by atoms with Crippen LogP contribution in [-0.4, -0.2) is 28.5 Å². The van der Waals surface area contributed by atoms with Crippen LogP contribution < -0.4 is 5.32 Å². The maximum atomic E-state index is 12.4. The number of aliphatic carboxylic acids is 1. The van der Waals surface area contributed by atoms with E-state index in [-0.39, 0.29) is 18.2 Å². The molecule has 0 fully saturated rings. The Bertz CT molecular complexity index is 667. The van der Waals surface area contributed by atoms with Gasteiger partial charge in [-0.3, -0.25) is 9.59 Å². The predicted molar refractivity (Wildman–Crippen MR) is 86.0 cm³/mol. The van der Waals surface area contributed by atoms with Gasteiger partial charge in [-0.15, -0.1) is 11.3 Å². The molecule has 1 aromatic carbocycles. The molecule has 6 heteroatoms. The van der Waals surface area contributed by atoms with Gasteiger partial charge in [0, 0.05) is 18.5 Å². The lowest BCUT2D eigenvalue weighted by Gasteiger charge is -2.10. The number of amides is 1. The summed E-state index contributed by atoms with van der Waals surface area (Å²) in [6, 6.07) is 9.55. The fraction of sp³-hybridized carbons (Fsp3) is 0.312. The predicted octanol–water partition coefficient (Wildman–Crippen LogP) is 2.96.